The summed E-state index contributed by atoms with van der Waals surface area (Å²) in [5.41, 5.74) is 3.35. The summed E-state index contributed by atoms with van der Waals surface area (Å²) in [6.07, 6.45) is 0. The monoisotopic (exact) mass is 385 g/mol. The van der Waals surface area contributed by atoms with Crippen LogP contribution in [0, 0.1) is 11.3 Å². The molecule has 1 heterocycles. The summed E-state index contributed by atoms with van der Waals surface area (Å²) in [6.45, 7) is 0.239. The fourth-order valence-electron chi connectivity index (χ4n) is 3.19. The summed E-state index contributed by atoms with van der Waals surface area (Å²) in [4.78, 5) is 4.75. The molecule has 1 aromatic heterocycles. The van der Waals surface area contributed by atoms with Crippen LogP contribution in [0.15, 0.2) is 66.7 Å². The number of para-hydroxylation sites is 2. The van der Waals surface area contributed by atoms with Crippen LogP contribution in [0.1, 0.15) is 11.4 Å². The zero-order valence-electron chi connectivity index (χ0n) is 16.1. The third-order valence-corrected chi connectivity index (χ3v) is 4.61. The molecule has 0 bridgehead atoms. The molecule has 0 saturated heterocycles. The van der Waals surface area contributed by atoms with Gasteiger partial charge in [-0.1, -0.05) is 12.1 Å². The van der Waals surface area contributed by atoms with Crippen LogP contribution in [0.25, 0.3) is 16.7 Å². The molecule has 0 saturated carbocycles. The Hall–Kier alpha value is -3.98. The van der Waals surface area contributed by atoms with Crippen LogP contribution in [-0.2, 0) is 6.61 Å². The van der Waals surface area contributed by atoms with E-state index in [1.165, 1.54) is 0 Å². The van der Waals surface area contributed by atoms with Gasteiger partial charge in [-0.2, -0.15) is 5.26 Å². The molecule has 6 nitrogen and oxygen atoms in total. The Balaban J connectivity index is 1.71. The van der Waals surface area contributed by atoms with E-state index in [1.807, 2.05) is 48.5 Å². The van der Waals surface area contributed by atoms with Crippen LogP contribution in [0.5, 0.6) is 17.2 Å². The SMILES string of the molecule is COc1ccc(-n2c(COc3ccc(C#N)cc3OC)nc3ccccc32)cc1. The zero-order chi connectivity index (χ0) is 20.2. The summed E-state index contributed by atoms with van der Waals surface area (Å²) in [7, 11) is 3.20. The van der Waals surface area contributed by atoms with Gasteiger partial charge < -0.3 is 14.2 Å². The van der Waals surface area contributed by atoms with Crippen molar-refractivity contribution in [1.29, 1.82) is 5.26 Å². The van der Waals surface area contributed by atoms with Crippen LogP contribution in [-0.4, -0.2) is 23.8 Å². The fraction of sp³-hybridized carbons (Fsp3) is 0.130. The van der Waals surface area contributed by atoms with E-state index in [2.05, 4.69) is 10.6 Å². The second kappa shape index (κ2) is 7.95. The van der Waals surface area contributed by atoms with Gasteiger partial charge in [-0.15, -0.1) is 0 Å². The van der Waals surface area contributed by atoms with Crippen molar-refractivity contribution in [2.45, 2.75) is 6.61 Å². The highest BCUT2D eigenvalue weighted by atomic mass is 16.5. The Morgan fingerprint density at radius 3 is 2.45 bits per heavy atom. The molecule has 0 N–H and O–H groups in total. The van der Waals surface area contributed by atoms with Crippen molar-refractivity contribution in [2.24, 2.45) is 0 Å². The first-order chi connectivity index (χ1) is 14.2. The number of hydrogen-bond acceptors (Lipinski definition) is 5. The smallest absolute Gasteiger partial charge is 0.162 e. The summed E-state index contributed by atoms with van der Waals surface area (Å²) >= 11 is 0. The van der Waals surface area contributed by atoms with E-state index in [9.17, 15) is 0 Å². The Bertz CT molecular complexity index is 1190. The van der Waals surface area contributed by atoms with Gasteiger partial charge >= 0.3 is 0 Å². The number of methoxy groups -OCH3 is 2. The number of benzene rings is 3. The third-order valence-electron chi connectivity index (χ3n) is 4.61. The predicted molar refractivity (Wildman–Crippen MR) is 110 cm³/mol. The van der Waals surface area contributed by atoms with Crippen LogP contribution in [0.3, 0.4) is 0 Å². The maximum Gasteiger partial charge on any atom is 0.162 e. The van der Waals surface area contributed by atoms with E-state index in [1.54, 1.807) is 32.4 Å². The summed E-state index contributed by atoms with van der Waals surface area (Å²) in [6, 6.07) is 22.9. The summed E-state index contributed by atoms with van der Waals surface area (Å²) in [5.74, 6) is 2.61. The van der Waals surface area contributed by atoms with Gasteiger partial charge in [-0.25, -0.2) is 4.98 Å². The Kier molecular flexibility index (Phi) is 5.04. The first kappa shape index (κ1) is 18.4. The lowest BCUT2D eigenvalue weighted by Crippen LogP contribution is -2.06. The van der Waals surface area contributed by atoms with Gasteiger partial charge in [0.1, 0.15) is 12.4 Å². The van der Waals surface area contributed by atoms with Crippen LogP contribution in [0.4, 0.5) is 0 Å². The van der Waals surface area contributed by atoms with Crippen molar-refractivity contribution in [3.05, 3.63) is 78.1 Å². The lowest BCUT2D eigenvalue weighted by molar-refractivity contribution is 0.275. The minimum atomic E-state index is 0.239. The molecule has 0 fully saturated rings. The highest BCUT2D eigenvalue weighted by molar-refractivity contribution is 5.78. The van der Waals surface area contributed by atoms with Gasteiger partial charge in [0.25, 0.3) is 0 Å². The van der Waals surface area contributed by atoms with Crippen LogP contribution < -0.4 is 14.2 Å². The molecule has 4 rings (SSSR count). The average molecular weight is 385 g/mol. The largest absolute Gasteiger partial charge is 0.497 e. The molecule has 0 atom stereocenters. The van der Waals surface area contributed by atoms with Crippen molar-refractivity contribution in [1.82, 2.24) is 9.55 Å². The molecular formula is C23H19N3O3. The number of rotatable bonds is 6. The van der Waals surface area contributed by atoms with Crippen molar-refractivity contribution in [3.63, 3.8) is 0 Å². The third kappa shape index (κ3) is 3.58. The molecule has 144 valence electrons. The topological polar surface area (TPSA) is 69.3 Å². The molecule has 0 aliphatic heterocycles. The number of fused-ring (bicyclic) bond motifs is 1. The lowest BCUT2D eigenvalue weighted by Gasteiger charge is -2.13. The molecule has 6 heteroatoms. The Morgan fingerprint density at radius 1 is 0.931 bits per heavy atom. The second-order valence-electron chi connectivity index (χ2n) is 6.32. The lowest BCUT2D eigenvalue weighted by atomic mass is 10.2. The van der Waals surface area contributed by atoms with Gasteiger partial charge in [0, 0.05) is 11.8 Å². The molecule has 0 amide bonds. The van der Waals surface area contributed by atoms with E-state index < -0.39 is 0 Å². The highest BCUT2D eigenvalue weighted by Crippen LogP contribution is 2.30. The summed E-state index contributed by atoms with van der Waals surface area (Å²) < 4.78 is 18.7. The van der Waals surface area contributed by atoms with Gasteiger partial charge in [0.15, 0.2) is 17.3 Å². The van der Waals surface area contributed by atoms with Gasteiger partial charge in [-0.3, -0.25) is 4.57 Å². The standard InChI is InChI=1S/C23H19N3O3/c1-27-18-10-8-17(9-11-18)26-20-6-4-3-5-19(20)25-23(26)15-29-21-12-7-16(14-24)13-22(21)28-2/h3-13H,15H2,1-2H3. The first-order valence-electron chi connectivity index (χ1n) is 9.05. The zero-order valence-corrected chi connectivity index (χ0v) is 16.1. The molecule has 0 spiro atoms. The van der Waals surface area contributed by atoms with E-state index in [4.69, 9.17) is 24.5 Å². The molecule has 0 radical (unpaired) electrons. The number of imidazole rings is 1. The van der Waals surface area contributed by atoms with E-state index in [0.29, 0.717) is 17.1 Å². The number of aromatic nitrogens is 2. The molecule has 4 aromatic rings. The van der Waals surface area contributed by atoms with E-state index in [0.717, 1.165) is 28.3 Å². The molecule has 0 aliphatic carbocycles. The van der Waals surface area contributed by atoms with Gasteiger partial charge in [0.2, 0.25) is 0 Å². The predicted octanol–water partition coefficient (Wildman–Crippen LogP) is 4.49. The van der Waals surface area contributed by atoms with Crippen molar-refractivity contribution in [3.8, 4) is 29.0 Å². The van der Waals surface area contributed by atoms with Crippen molar-refractivity contribution in [2.75, 3.05) is 14.2 Å². The normalized spacial score (nSPS) is 10.5. The summed E-state index contributed by atoms with van der Waals surface area (Å²) in [5, 5.41) is 9.07. The highest BCUT2D eigenvalue weighted by Gasteiger charge is 2.14. The molecule has 0 aliphatic rings. The quantitative estimate of drug-likeness (QED) is 0.489. The number of hydrogen-bond donors (Lipinski definition) is 0. The minimum absolute atomic E-state index is 0.239. The van der Waals surface area contributed by atoms with Crippen molar-refractivity contribution >= 4 is 11.0 Å². The number of nitriles is 1. The van der Waals surface area contributed by atoms with E-state index >= 15 is 0 Å². The van der Waals surface area contributed by atoms with Crippen LogP contribution >= 0.6 is 0 Å². The van der Waals surface area contributed by atoms with E-state index in [-0.39, 0.29) is 6.61 Å². The second-order valence-corrected chi connectivity index (χ2v) is 6.32. The molecule has 0 unspecified atom stereocenters. The molecular weight excluding hydrogens is 366 g/mol. The molecule has 29 heavy (non-hydrogen) atoms. The van der Waals surface area contributed by atoms with Gasteiger partial charge in [0.05, 0.1) is 36.9 Å². The first-order valence-corrected chi connectivity index (χ1v) is 9.05. The molecule has 3 aromatic carbocycles. The number of nitrogens with zero attached hydrogens (tertiary/aromatic N) is 3. The maximum absolute atomic E-state index is 9.07. The number of ether oxygens (including phenoxy) is 3. The maximum atomic E-state index is 9.07. The average Bonchev–Trinajstić information content (AvgIpc) is 3.16. The fourth-order valence-corrected chi connectivity index (χ4v) is 3.19. The van der Waals surface area contributed by atoms with Crippen LogP contribution in [0.2, 0.25) is 0 Å². The Morgan fingerprint density at radius 2 is 1.72 bits per heavy atom. The Labute approximate surface area is 168 Å². The minimum Gasteiger partial charge on any atom is -0.497 e. The van der Waals surface area contributed by atoms with Crippen molar-refractivity contribution < 1.29 is 14.2 Å². The van der Waals surface area contributed by atoms with Gasteiger partial charge in [-0.05, 0) is 48.5 Å².